The SMILES string of the molecule is O=C(NCc1ccccc1)c1nn(CCO)c2c1CN(Cc1ccc(Oc3ncccn3)cc1)CC2. The van der Waals surface area contributed by atoms with Crippen molar-refractivity contribution in [1.29, 1.82) is 0 Å². The number of hydrogen-bond acceptors (Lipinski definition) is 7. The lowest BCUT2D eigenvalue weighted by atomic mass is 10.0. The van der Waals surface area contributed by atoms with E-state index >= 15 is 0 Å². The minimum Gasteiger partial charge on any atom is -0.424 e. The molecule has 9 heteroatoms. The van der Waals surface area contributed by atoms with Gasteiger partial charge in [0.2, 0.25) is 0 Å². The highest BCUT2D eigenvalue weighted by Gasteiger charge is 2.28. The molecule has 2 aromatic heterocycles. The van der Waals surface area contributed by atoms with Gasteiger partial charge in [-0.3, -0.25) is 14.4 Å². The molecule has 36 heavy (non-hydrogen) atoms. The van der Waals surface area contributed by atoms with E-state index in [9.17, 15) is 9.90 Å². The van der Waals surface area contributed by atoms with Gasteiger partial charge < -0.3 is 15.2 Å². The molecule has 1 aliphatic rings. The van der Waals surface area contributed by atoms with Crippen molar-refractivity contribution >= 4 is 5.91 Å². The van der Waals surface area contributed by atoms with Crippen molar-refractivity contribution in [2.75, 3.05) is 13.2 Å². The van der Waals surface area contributed by atoms with Crippen LogP contribution in [0.4, 0.5) is 0 Å². The Kier molecular flexibility index (Phi) is 7.30. The summed E-state index contributed by atoms with van der Waals surface area (Å²) in [5.41, 5.74) is 4.56. The third-order valence-electron chi connectivity index (χ3n) is 6.12. The Labute approximate surface area is 209 Å². The summed E-state index contributed by atoms with van der Waals surface area (Å²) in [7, 11) is 0. The monoisotopic (exact) mass is 484 g/mol. The maximum atomic E-state index is 13.1. The van der Waals surface area contributed by atoms with E-state index in [2.05, 4.69) is 25.3 Å². The van der Waals surface area contributed by atoms with Gasteiger partial charge in [0.15, 0.2) is 5.69 Å². The molecule has 0 unspecified atom stereocenters. The Balaban J connectivity index is 1.27. The van der Waals surface area contributed by atoms with Crippen LogP contribution in [-0.2, 0) is 32.6 Å². The molecular weight excluding hydrogens is 456 g/mol. The fourth-order valence-corrected chi connectivity index (χ4v) is 4.37. The van der Waals surface area contributed by atoms with Gasteiger partial charge in [0.25, 0.3) is 5.91 Å². The van der Waals surface area contributed by atoms with E-state index in [-0.39, 0.29) is 12.5 Å². The molecule has 0 aliphatic carbocycles. The summed E-state index contributed by atoms with van der Waals surface area (Å²) < 4.78 is 7.46. The van der Waals surface area contributed by atoms with E-state index < -0.39 is 0 Å². The Morgan fingerprint density at radius 3 is 2.53 bits per heavy atom. The van der Waals surface area contributed by atoms with Crippen LogP contribution in [0.25, 0.3) is 0 Å². The van der Waals surface area contributed by atoms with Gasteiger partial charge in [-0.15, -0.1) is 0 Å². The van der Waals surface area contributed by atoms with Crippen LogP contribution < -0.4 is 10.1 Å². The second kappa shape index (κ2) is 11.1. The van der Waals surface area contributed by atoms with Crippen molar-refractivity contribution in [3.05, 3.63) is 101 Å². The van der Waals surface area contributed by atoms with Crippen molar-refractivity contribution in [1.82, 2.24) is 30.0 Å². The number of aliphatic hydroxyl groups is 1. The number of fused-ring (bicyclic) bond motifs is 1. The van der Waals surface area contributed by atoms with Crippen molar-refractivity contribution in [2.24, 2.45) is 0 Å². The molecule has 3 heterocycles. The Morgan fingerprint density at radius 2 is 1.78 bits per heavy atom. The largest absolute Gasteiger partial charge is 0.424 e. The van der Waals surface area contributed by atoms with Gasteiger partial charge in [-0.2, -0.15) is 5.10 Å². The molecule has 0 atom stereocenters. The van der Waals surface area contributed by atoms with Crippen LogP contribution >= 0.6 is 0 Å². The van der Waals surface area contributed by atoms with Crippen LogP contribution in [0.5, 0.6) is 11.8 Å². The predicted molar refractivity (Wildman–Crippen MR) is 133 cm³/mol. The van der Waals surface area contributed by atoms with Crippen LogP contribution in [-0.4, -0.2) is 48.8 Å². The zero-order chi connectivity index (χ0) is 24.7. The number of benzene rings is 2. The summed E-state index contributed by atoms with van der Waals surface area (Å²) in [5.74, 6) is 0.479. The topological polar surface area (TPSA) is 105 Å². The number of hydrogen-bond donors (Lipinski definition) is 2. The highest BCUT2D eigenvalue weighted by molar-refractivity contribution is 5.94. The number of nitrogens with one attached hydrogen (secondary N) is 1. The predicted octanol–water partition coefficient (Wildman–Crippen LogP) is 2.95. The number of carbonyl (C=O) groups is 1. The average molecular weight is 485 g/mol. The second-order valence-electron chi connectivity index (χ2n) is 8.63. The average Bonchev–Trinajstić information content (AvgIpc) is 3.27. The molecule has 0 saturated carbocycles. The summed E-state index contributed by atoms with van der Waals surface area (Å²) >= 11 is 0. The summed E-state index contributed by atoms with van der Waals surface area (Å²) in [6, 6.07) is 19.7. The molecule has 2 N–H and O–H groups in total. The van der Waals surface area contributed by atoms with Gasteiger partial charge in [-0.25, -0.2) is 9.97 Å². The summed E-state index contributed by atoms with van der Waals surface area (Å²) in [5, 5.41) is 17.1. The summed E-state index contributed by atoms with van der Waals surface area (Å²) in [4.78, 5) is 23.5. The van der Waals surface area contributed by atoms with Crippen molar-refractivity contribution in [3.63, 3.8) is 0 Å². The highest BCUT2D eigenvalue weighted by atomic mass is 16.5. The number of rotatable bonds is 9. The van der Waals surface area contributed by atoms with Gasteiger partial charge in [0, 0.05) is 56.3 Å². The minimum absolute atomic E-state index is 0.0225. The van der Waals surface area contributed by atoms with Crippen LogP contribution in [0.3, 0.4) is 0 Å². The molecule has 0 spiro atoms. The molecule has 0 fully saturated rings. The van der Waals surface area contributed by atoms with E-state index in [1.165, 1.54) is 0 Å². The van der Waals surface area contributed by atoms with Gasteiger partial charge in [0.1, 0.15) is 5.75 Å². The Hall–Kier alpha value is -4.08. The minimum atomic E-state index is -0.196. The molecule has 2 aromatic carbocycles. The van der Waals surface area contributed by atoms with Crippen LogP contribution in [0.15, 0.2) is 73.1 Å². The van der Waals surface area contributed by atoms with Crippen molar-refractivity contribution in [3.8, 4) is 11.8 Å². The van der Waals surface area contributed by atoms with Crippen LogP contribution in [0, 0.1) is 0 Å². The maximum absolute atomic E-state index is 13.1. The van der Waals surface area contributed by atoms with E-state index in [0.29, 0.717) is 37.1 Å². The number of amides is 1. The van der Waals surface area contributed by atoms with Gasteiger partial charge in [0.05, 0.1) is 13.2 Å². The molecule has 1 amide bonds. The fourth-order valence-electron chi connectivity index (χ4n) is 4.37. The highest BCUT2D eigenvalue weighted by Crippen LogP contribution is 2.25. The van der Waals surface area contributed by atoms with Crippen LogP contribution in [0.2, 0.25) is 0 Å². The van der Waals surface area contributed by atoms with Crippen LogP contribution in [0.1, 0.15) is 32.9 Å². The first-order valence-corrected chi connectivity index (χ1v) is 12.0. The molecule has 9 nitrogen and oxygen atoms in total. The quantitative estimate of drug-likeness (QED) is 0.376. The standard InChI is InChI=1S/C27H28N6O3/c34-16-15-33-24-11-14-32(18-21-7-9-22(10-8-21)36-27-28-12-4-13-29-27)19-23(24)25(31-33)26(35)30-17-20-5-2-1-3-6-20/h1-10,12-13,34H,11,14-19H2,(H,30,35). The van der Waals surface area contributed by atoms with E-state index in [1.807, 2.05) is 54.6 Å². The van der Waals surface area contributed by atoms with E-state index in [4.69, 9.17) is 4.74 Å². The lowest BCUT2D eigenvalue weighted by Gasteiger charge is -2.27. The number of aromatic nitrogens is 4. The van der Waals surface area contributed by atoms with Gasteiger partial charge in [-0.05, 0) is 29.3 Å². The molecule has 5 rings (SSSR count). The molecule has 0 bridgehead atoms. The Bertz CT molecular complexity index is 1290. The number of nitrogens with zero attached hydrogens (tertiary/aromatic N) is 5. The van der Waals surface area contributed by atoms with Gasteiger partial charge in [-0.1, -0.05) is 42.5 Å². The first-order chi connectivity index (χ1) is 17.7. The lowest BCUT2D eigenvalue weighted by Crippen LogP contribution is -2.32. The Morgan fingerprint density at radius 1 is 1.00 bits per heavy atom. The van der Waals surface area contributed by atoms with Crippen molar-refractivity contribution in [2.45, 2.75) is 32.6 Å². The zero-order valence-electron chi connectivity index (χ0n) is 19.9. The molecule has 4 aromatic rings. The number of ether oxygens (including phenoxy) is 1. The third-order valence-corrected chi connectivity index (χ3v) is 6.12. The zero-order valence-corrected chi connectivity index (χ0v) is 19.9. The summed E-state index contributed by atoms with van der Waals surface area (Å²) in [6.45, 7) is 2.98. The fraction of sp³-hybridized carbons (Fsp3) is 0.259. The van der Waals surface area contributed by atoms with E-state index in [0.717, 1.165) is 41.9 Å². The molecular formula is C27H28N6O3. The van der Waals surface area contributed by atoms with E-state index in [1.54, 1.807) is 23.1 Å². The third kappa shape index (κ3) is 5.59. The van der Waals surface area contributed by atoms with Gasteiger partial charge >= 0.3 is 6.01 Å². The molecule has 0 radical (unpaired) electrons. The normalized spacial score (nSPS) is 13.2. The van der Waals surface area contributed by atoms with Crippen molar-refractivity contribution < 1.29 is 14.6 Å². The molecule has 0 saturated heterocycles. The second-order valence-corrected chi connectivity index (χ2v) is 8.63. The summed E-state index contributed by atoms with van der Waals surface area (Å²) in [6.07, 6.45) is 4.04. The maximum Gasteiger partial charge on any atom is 0.321 e. The first kappa shape index (κ1) is 23.7. The molecule has 184 valence electrons. The number of aliphatic hydroxyl groups excluding tert-OH is 1. The lowest BCUT2D eigenvalue weighted by molar-refractivity contribution is 0.0942. The number of carbonyl (C=O) groups excluding carboxylic acids is 1. The smallest absolute Gasteiger partial charge is 0.321 e. The molecule has 1 aliphatic heterocycles. The first-order valence-electron chi connectivity index (χ1n) is 12.0.